The first-order chi connectivity index (χ1) is 17.1. The van der Waals surface area contributed by atoms with Crippen LogP contribution in [0.4, 0.5) is 24.8 Å². The number of fused-ring (bicyclic) bond motifs is 1. The molecule has 0 atom stereocenters. The Morgan fingerprint density at radius 2 is 2.00 bits per heavy atom. The highest BCUT2D eigenvalue weighted by Crippen LogP contribution is 2.30. The number of ether oxygens (including phenoxy) is 1. The van der Waals surface area contributed by atoms with Crippen LogP contribution in [-0.4, -0.2) is 53.6 Å². The number of nitrogens with one attached hydrogen (secondary N) is 2. The molecule has 0 radical (unpaired) electrons. The van der Waals surface area contributed by atoms with Crippen molar-refractivity contribution in [2.75, 3.05) is 36.5 Å². The number of esters is 1. The summed E-state index contributed by atoms with van der Waals surface area (Å²) in [6.45, 7) is 3.11. The maximum Gasteiger partial charge on any atom is 0.416 e. The normalized spacial score (nSPS) is 14.2. The second kappa shape index (κ2) is 10.4. The summed E-state index contributed by atoms with van der Waals surface area (Å²) in [6.07, 6.45) is -4.17. The quantitative estimate of drug-likeness (QED) is 0.379. The largest absolute Gasteiger partial charge is 0.466 e. The Morgan fingerprint density at radius 3 is 2.72 bits per heavy atom. The second-order valence-corrected chi connectivity index (χ2v) is 8.21. The van der Waals surface area contributed by atoms with Gasteiger partial charge in [0.25, 0.3) is 5.91 Å². The molecule has 0 spiro atoms. The maximum absolute atomic E-state index is 13.1. The molecule has 190 valence electrons. The molecule has 0 unspecified atom stereocenters. The summed E-state index contributed by atoms with van der Waals surface area (Å²) in [5, 5.41) is 5.61. The van der Waals surface area contributed by atoms with E-state index in [4.69, 9.17) is 4.74 Å². The Hall–Kier alpha value is -3.93. The van der Waals surface area contributed by atoms with Gasteiger partial charge in [0, 0.05) is 37.8 Å². The minimum atomic E-state index is -4.59. The van der Waals surface area contributed by atoms with Crippen LogP contribution in [0.2, 0.25) is 0 Å². The fourth-order valence-electron chi connectivity index (χ4n) is 3.94. The summed E-state index contributed by atoms with van der Waals surface area (Å²) in [7, 11) is 0. The average molecular weight is 503 g/mol. The highest BCUT2D eigenvalue weighted by molar-refractivity contribution is 6.04. The van der Waals surface area contributed by atoms with E-state index in [1.165, 1.54) is 13.0 Å². The van der Waals surface area contributed by atoms with Gasteiger partial charge in [-0.05, 0) is 42.8 Å². The number of halogens is 3. The van der Waals surface area contributed by atoms with Gasteiger partial charge in [-0.2, -0.15) is 13.2 Å². The zero-order valence-electron chi connectivity index (χ0n) is 19.4. The lowest BCUT2D eigenvalue weighted by Gasteiger charge is -2.27. The Balaban J connectivity index is 1.65. The van der Waals surface area contributed by atoms with E-state index >= 15 is 0 Å². The van der Waals surface area contributed by atoms with Crippen molar-refractivity contribution in [3.05, 3.63) is 53.6 Å². The summed E-state index contributed by atoms with van der Waals surface area (Å²) >= 11 is 0. The molecule has 12 heteroatoms. The number of piperazine rings is 1. The number of alkyl halides is 3. The zero-order chi connectivity index (χ0) is 25.9. The molecule has 2 aromatic carbocycles. The number of aryl methyl sites for hydroxylation is 1. The van der Waals surface area contributed by atoms with Crippen molar-refractivity contribution in [3.63, 3.8) is 0 Å². The number of imidazole rings is 1. The summed E-state index contributed by atoms with van der Waals surface area (Å²) in [6, 6.07) is 9.37. The van der Waals surface area contributed by atoms with Crippen molar-refractivity contribution < 1.29 is 32.3 Å². The molecule has 0 saturated carbocycles. The number of aromatic nitrogens is 2. The zero-order valence-corrected chi connectivity index (χ0v) is 19.4. The maximum atomic E-state index is 13.1. The summed E-state index contributed by atoms with van der Waals surface area (Å²) in [4.78, 5) is 42.3. The summed E-state index contributed by atoms with van der Waals surface area (Å²) < 4.78 is 46.0. The van der Waals surface area contributed by atoms with Crippen molar-refractivity contribution in [2.24, 2.45) is 0 Å². The van der Waals surface area contributed by atoms with Crippen LogP contribution in [0.3, 0.4) is 0 Å². The smallest absolute Gasteiger partial charge is 0.416 e. The van der Waals surface area contributed by atoms with Crippen molar-refractivity contribution in [1.82, 2.24) is 14.9 Å². The SMILES string of the molecule is CC(=O)OCCCn1c(NC(=O)c2cccc(C(F)(F)F)c2)nc2cc(N3CCNCC3=O)ccc21. The van der Waals surface area contributed by atoms with Gasteiger partial charge >= 0.3 is 12.1 Å². The molecule has 1 aliphatic rings. The van der Waals surface area contributed by atoms with Crippen molar-refractivity contribution in [3.8, 4) is 0 Å². The minimum Gasteiger partial charge on any atom is -0.466 e. The van der Waals surface area contributed by atoms with E-state index in [0.29, 0.717) is 42.8 Å². The molecule has 1 fully saturated rings. The van der Waals surface area contributed by atoms with Gasteiger partial charge in [-0.1, -0.05) is 6.07 Å². The van der Waals surface area contributed by atoms with Gasteiger partial charge in [-0.25, -0.2) is 4.98 Å². The van der Waals surface area contributed by atoms with Crippen LogP contribution in [0.15, 0.2) is 42.5 Å². The van der Waals surface area contributed by atoms with Gasteiger partial charge in [0.15, 0.2) is 0 Å². The molecular weight excluding hydrogens is 479 g/mol. The third kappa shape index (κ3) is 5.65. The van der Waals surface area contributed by atoms with Crippen molar-refractivity contribution >= 4 is 40.5 Å². The third-order valence-corrected chi connectivity index (χ3v) is 5.64. The molecule has 2 heterocycles. The first-order valence-electron chi connectivity index (χ1n) is 11.3. The number of rotatable bonds is 7. The molecule has 9 nitrogen and oxygen atoms in total. The Morgan fingerprint density at radius 1 is 1.19 bits per heavy atom. The van der Waals surface area contributed by atoms with Gasteiger partial charge in [-0.15, -0.1) is 0 Å². The highest BCUT2D eigenvalue weighted by atomic mass is 19.4. The Kier molecular flexibility index (Phi) is 7.25. The highest BCUT2D eigenvalue weighted by Gasteiger charge is 2.31. The van der Waals surface area contributed by atoms with E-state index in [1.807, 2.05) is 0 Å². The van der Waals surface area contributed by atoms with Gasteiger partial charge in [0.2, 0.25) is 11.9 Å². The molecule has 1 aromatic heterocycles. The Labute approximate surface area is 204 Å². The Bertz CT molecular complexity index is 1300. The lowest BCUT2D eigenvalue weighted by Crippen LogP contribution is -2.48. The minimum absolute atomic E-state index is 0.0838. The van der Waals surface area contributed by atoms with Crippen LogP contribution in [0.5, 0.6) is 0 Å². The first kappa shape index (κ1) is 25.2. The molecule has 2 N–H and O–H groups in total. The number of amides is 2. The number of anilines is 2. The van der Waals surface area contributed by atoms with E-state index in [0.717, 1.165) is 18.2 Å². The van der Waals surface area contributed by atoms with E-state index in [9.17, 15) is 27.6 Å². The fraction of sp³-hybridized carbons (Fsp3) is 0.333. The topological polar surface area (TPSA) is 106 Å². The third-order valence-electron chi connectivity index (χ3n) is 5.64. The molecule has 3 aromatic rings. The standard InChI is InChI=1S/C24H24F3N5O4/c1-15(33)36-11-3-9-32-20-7-6-18(31-10-8-28-14-21(31)34)13-19(20)29-23(32)30-22(35)16-4-2-5-17(12-16)24(25,26)27/h2,4-7,12-13,28H,3,8-11,14H2,1H3,(H,29,30,35). The molecule has 36 heavy (non-hydrogen) atoms. The predicted molar refractivity (Wildman–Crippen MR) is 126 cm³/mol. The molecule has 4 rings (SSSR count). The summed E-state index contributed by atoms with van der Waals surface area (Å²) in [5.41, 5.74) is 0.675. The van der Waals surface area contributed by atoms with E-state index in [2.05, 4.69) is 15.6 Å². The van der Waals surface area contributed by atoms with Crippen LogP contribution in [0.25, 0.3) is 11.0 Å². The van der Waals surface area contributed by atoms with Crippen LogP contribution in [0, 0.1) is 0 Å². The van der Waals surface area contributed by atoms with Crippen molar-refractivity contribution in [1.29, 1.82) is 0 Å². The number of hydrogen-bond acceptors (Lipinski definition) is 6. The molecule has 1 saturated heterocycles. The number of carbonyl (C=O) groups excluding carboxylic acids is 3. The molecule has 2 amide bonds. The summed E-state index contributed by atoms with van der Waals surface area (Å²) in [5.74, 6) is -1.14. The van der Waals surface area contributed by atoms with Crippen LogP contribution >= 0.6 is 0 Å². The van der Waals surface area contributed by atoms with Crippen LogP contribution < -0.4 is 15.5 Å². The number of hydrogen-bond donors (Lipinski definition) is 2. The molecule has 0 aliphatic carbocycles. The van der Waals surface area contributed by atoms with Crippen LogP contribution in [-0.2, 0) is 27.0 Å². The van der Waals surface area contributed by atoms with E-state index in [1.54, 1.807) is 27.7 Å². The second-order valence-electron chi connectivity index (χ2n) is 8.21. The van der Waals surface area contributed by atoms with E-state index in [-0.39, 0.29) is 30.6 Å². The molecular formula is C24H24F3N5O4. The van der Waals surface area contributed by atoms with E-state index < -0.39 is 23.6 Å². The molecule has 1 aliphatic heterocycles. The monoisotopic (exact) mass is 503 g/mol. The lowest BCUT2D eigenvalue weighted by atomic mass is 10.1. The van der Waals surface area contributed by atoms with Gasteiger partial charge in [0.1, 0.15) is 0 Å². The number of carbonyl (C=O) groups is 3. The lowest BCUT2D eigenvalue weighted by molar-refractivity contribution is -0.141. The number of benzene rings is 2. The van der Waals surface area contributed by atoms with Gasteiger partial charge in [-0.3, -0.25) is 19.7 Å². The predicted octanol–water partition coefficient (Wildman–Crippen LogP) is 3.20. The first-order valence-corrected chi connectivity index (χ1v) is 11.3. The van der Waals surface area contributed by atoms with Gasteiger partial charge < -0.3 is 19.5 Å². The van der Waals surface area contributed by atoms with Gasteiger partial charge in [0.05, 0.1) is 29.7 Å². The molecule has 0 bridgehead atoms. The average Bonchev–Trinajstić information content (AvgIpc) is 3.17. The van der Waals surface area contributed by atoms with Crippen molar-refractivity contribution in [2.45, 2.75) is 26.1 Å². The van der Waals surface area contributed by atoms with Crippen LogP contribution in [0.1, 0.15) is 29.3 Å². The number of nitrogens with zero attached hydrogens (tertiary/aromatic N) is 3. The fourth-order valence-corrected chi connectivity index (χ4v) is 3.94.